The van der Waals surface area contributed by atoms with Crippen molar-refractivity contribution in [3.8, 4) is 0 Å². The molecule has 1 aromatic rings. The highest BCUT2D eigenvalue weighted by molar-refractivity contribution is 5.73. The lowest BCUT2D eigenvalue weighted by Crippen LogP contribution is -2.37. The zero-order valence-corrected chi connectivity index (χ0v) is 11.7. The molecular formula is C12H22N6O. The molecule has 0 fully saturated rings. The Morgan fingerprint density at radius 1 is 1.16 bits per heavy atom. The molecule has 106 valence electrons. The van der Waals surface area contributed by atoms with Crippen LogP contribution in [0.4, 0.5) is 16.4 Å². The largest absolute Gasteiger partial charge is 0.369 e. The summed E-state index contributed by atoms with van der Waals surface area (Å²) >= 11 is 0. The van der Waals surface area contributed by atoms with Crippen LogP contribution in [0.3, 0.4) is 0 Å². The lowest BCUT2D eigenvalue weighted by atomic mass is 10.5. The van der Waals surface area contributed by atoms with E-state index in [4.69, 9.17) is 0 Å². The molecule has 1 aromatic heterocycles. The number of urea groups is 1. The van der Waals surface area contributed by atoms with E-state index in [2.05, 4.69) is 32.8 Å². The van der Waals surface area contributed by atoms with E-state index in [1.165, 1.54) is 4.90 Å². The van der Waals surface area contributed by atoms with Crippen LogP contribution in [0.1, 0.15) is 13.3 Å². The normalized spacial score (nSPS) is 9.84. The molecule has 0 aliphatic heterocycles. The van der Waals surface area contributed by atoms with Crippen molar-refractivity contribution in [1.82, 2.24) is 20.2 Å². The average molecular weight is 266 g/mol. The van der Waals surface area contributed by atoms with Crippen LogP contribution in [0.15, 0.2) is 12.4 Å². The zero-order valence-electron chi connectivity index (χ0n) is 11.7. The number of hydrogen-bond donors (Lipinski definition) is 3. The molecule has 0 aromatic carbocycles. The first-order valence-corrected chi connectivity index (χ1v) is 6.38. The maximum atomic E-state index is 11.3. The molecule has 1 rings (SSSR count). The van der Waals surface area contributed by atoms with Crippen molar-refractivity contribution < 1.29 is 4.79 Å². The van der Waals surface area contributed by atoms with Gasteiger partial charge in [0.25, 0.3) is 0 Å². The highest BCUT2D eigenvalue weighted by Gasteiger charge is 2.01. The summed E-state index contributed by atoms with van der Waals surface area (Å²) in [6, 6.07) is -0.105. The van der Waals surface area contributed by atoms with Gasteiger partial charge in [0.2, 0.25) is 0 Å². The number of nitrogens with one attached hydrogen (secondary N) is 3. The highest BCUT2D eigenvalue weighted by Crippen LogP contribution is 2.05. The van der Waals surface area contributed by atoms with Crippen LogP contribution in [0.5, 0.6) is 0 Å². The minimum Gasteiger partial charge on any atom is -0.369 e. The summed E-state index contributed by atoms with van der Waals surface area (Å²) in [4.78, 5) is 21.2. The number of aromatic nitrogens is 2. The standard InChI is InChI=1S/C12H22N6O/c1-4-5-14-10-8-13-9-11(17-10)15-6-7-16-12(19)18(2)3/h8-9H,4-7H2,1-3H3,(H,16,19)(H2,14,15,17). The number of nitrogens with zero attached hydrogens (tertiary/aromatic N) is 3. The fourth-order valence-electron chi connectivity index (χ4n) is 1.31. The third kappa shape index (κ3) is 5.89. The van der Waals surface area contributed by atoms with E-state index < -0.39 is 0 Å². The van der Waals surface area contributed by atoms with Crippen LogP contribution < -0.4 is 16.0 Å². The Labute approximate surface area is 113 Å². The van der Waals surface area contributed by atoms with Gasteiger partial charge in [-0.15, -0.1) is 0 Å². The monoisotopic (exact) mass is 266 g/mol. The second-order valence-corrected chi connectivity index (χ2v) is 4.27. The van der Waals surface area contributed by atoms with Crippen LogP contribution in [0.2, 0.25) is 0 Å². The van der Waals surface area contributed by atoms with Gasteiger partial charge in [0.1, 0.15) is 11.6 Å². The van der Waals surface area contributed by atoms with Gasteiger partial charge in [-0.2, -0.15) is 0 Å². The molecule has 0 radical (unpaired) electrons. The first-order chi connectivity index (χ1) is 9.13. The molecule has 0 aliphatic rings. The van der Waals surface area contributed by atoms with E-state index in [1.807, 2.05) is 0 Å². The molecule has 7 heteroatoms. The third-order valence-electron chi connectivity index (χ3n) is 2.30. The summed E-state index contributed by atoms with van der Waals surface area (Å²) in [6.07, 6.45) is 4.38. The minimum atomic E-state index is -0.105. The number of amides is 2. The molecule has 0 saturated carbocycles. The van der Waals surface area contributed by atoms with Crippen LogP contribution in [-0.2, 0) is 0 Å². The van der Waals surface area contributed by atoms with E-state index in [-0.39, 0.29) is 6.03 Å². The van der Waals surface area contributed by atoms with Gasteiger partial charge in [-0.1, -0.05) is 6.92 Å². The summed E-state index contributed by atoms with van der Waals surface area (Å²) in [5.74, 6) is 1.45. The van der Waals surface area contributed by atoms with Crippen molar-refractivity contribution in [2.24, 2.45) is 0 Å². The lowest BCUT2D eigenvalue weighted by Gasteiger charge is -2.12. The van der Waals surface area contributed by atoms with E-state index >= 15 is 0 Å². The molecule has 19 heavy (non-hydrogen) atoms. The second-order valence-electron chi connectivity index (χ2n) is 4.27. The summed E-state index contributed by atoms with van der Waals surface area (Å²) < 4.78 is 0. The topological polar surface area (TPSA) is 82.2 Å². The van der Waals surface area contributed by atoms with Crippen molar-refractivity contribution in [3.63, 3.8) is 0 Å². The molecule has 0 unspecified atom stereocenters. The van der Waals surface area contributed by atoms with Gasteiger partial charge in [-0.05, 0) is 6.42 Å². The van der Waals surface area contributed by atoms with E-state index in [9.17, 15) is 4.79 Å². The molecule has 2 amide bonds. The first kappa shape index (κ1) is 15.0. The summed E-state index contributed by atoms with van der Waals surface area (Å²) in [5, 5.41) is 9.04. The quantitative estimate of drug-likeness (QED) is 0.641. The number of rotatable bonds is 7. The molecule has 3 N–H and O–H groups in total. The van der Waals surface area contributed by atoms with Gasteiger partial charge >= 0.3 is 6.03 Å². The van der Waals surface area contributed by atoms with Gasteiger partial charge in [-0.3, -0.25) is 4.98 Å². The molecule has 0 aliphatic carbocycles. The Morgan fingerprint density at radius 2 is 1.79 bits per heavy atom. The second kappa shape index (κ2) is 8.12. The van der Waals surface area contributed by atoms with Crippen molar-refractivity contribution in [1.29, 1.82) is 0 Å². The van der Waals surface area contributed by atoms with E-state index in [1.54, 1.807) is 26.5 Å². The summed E-state index contributed by atoms with van der Waals surface area (Å²) in [5.41, 5.74) is 0. The maximum absolute atomic E-state index is 11.3. The number of carbonyl (C=O) groups excluding carboxylic acids is 1. The van der Waals surface area contributed by atoms with Crippen LogP contribution in [-0.4, -0.2) is 54.6 Å². The molecule has 1 heterocycles. The van der Waals surface area contributed by atoms with Gasteiger partial charge in [0.05, 0.1) is 12.4 Å². The van der Waals surface area contributed by atoms with E-state index in [0.29, 0.717) is 18.9 Å². The van der Waals surface area contributed by atoms with Crippen LogP contribution >= 0.6 is 0 Å². The third-order valence-corrected chi connectivity index (χ3v) is 2.30. The predicted octanol–water partition coefficient (Wildman–Crippen LogP) is 0.982. The fraction of sp³-hybridized carbons (Fsp3) is 0.583. The van der Waals surface area contributed by atoms with Crippen molar-refractivity contribution in [3.05, 3.63) is 12.4 Å². The van der Waals surface area contributed by atoms with Crippen molar-refractivity contribution in [2.75, 3.05) is 44.4 Å². The molecule has 0 bridgehead atoms. The van der Waals surface area contributed by atoms with Gasteiger partial charge < -0.3 is 20.9 Å². The van der Waals surface area contributed by atoms with Crippen molar-refractivity contribution >= 4 is 17.7 Å². The van der Waals surface area contributed by atoms with Gasteiger partial charge in [0.15, 0.2) is 0 Å². The molecule has 0 saturated heterocycles. The molecule has 0 spiro atoms. The zero-order chi connectivity index (χ0) is 14.1. The minimum absolute atomic E-state index is 0.105. The van der Waals surface area contributed by atoms with E-state index in [0.717, 1.165) is 18.8 Å². The highest BCUT2D eigenvalue weighted by atomic mass is 16.2. The van der Waals surface area contributed by atoms with Gasteiger partial charge in [-0.25, -0.2) is 9.78 Å². The number of carbonyl (C=O) groups is 1. The summed E-state index contributed by atoms with van der Waals surface area (Å²) in [7, 11) is 3.41. The Kier molecular flexibility index (Phi) is 6.42. The van der Waals surface area contributed by atoms with Crippen LogP contribution in [0.25, 0.3) is 0 Å². The Balaban J connectivity index is 2.31. The molecule has 0 atom stereocenters. The predicted molar refractivity (Wildman–Crippen MR) is 76.4 cm³/mol. The molecule has 7 nitrogen and oxygen atoms in total. The summed E-state index contributed by atoms with van der Waals surface area (Å²) in [6.45, 7) is 4.10. The van der Waals surface area contributed by atoms with Crippen LogP contribution in [0, 0.1) is 0 Å². The number of hydrogen-bond acceptors (Lipinski definition) is 5. The maximum Gasteiger partial charge on any atom is 0.316 e. The number of anilines is 2. The lowest BCUT2D eigenvalue weighted by molar-refractivity contribution is 0.218. The molecular weight excluding hydrogens is 244 g/mol. The fourth-order valence-corrected chi connectivity index (χ4v) is 1.31. The Bertz CT molecular complexity index is 396. The average Bonchev–Trinajstić information content (AvgIpc) is 2.41. The SMILES string of the molecule is CCCNc1cncc(NCCNC(=O)N(C)C)n1. The Hall–Kier alpha value is -2.05. The first-order valence-electron chi connectivity index (χ1n) is 6.38. The Morgan fingerprint density at radius 3 is 2.37 bits per heavy atom. The van der Waals surface area contributed by atoms with Crippen molar-refractivity contribution in [2.45, 2.75) is 13.3 Å². The van der Waals surface area contributed by atoms with Gasteiger partial charge in [0, 0.05) is 33.7 Å². The smallest absolute Gasteiger partial charge is 0.316 e.